The monoisotopic (exact) mass is 610 g/mol. The smallest absolute Gasteiger partial charge is 0.342 e. The second-order valence-corrected chi connectivity index (χ2v) is 11.9. The molecule has 12 nitrogen and oxygen atoms in total. The van der Waals surface area contributed by atoms with Gasteiger partial charge in [-0.15, -0.1) is 0 Å². The highest BCUT2D eigenvalue weighted by Gasteiger charge is 2.37. The first-order valence-corrected chi connectivity index (χ1v) is 15.5. The van der Waals surface area contributed by atoms with Crippen molar-refractivity contribution in [3.8, 4) is 5.75 Å². The number of hydrogen-bond acceptors (Lipinski definition) is 10. The molecule has 226 valence electrons. The van der Waals surface area contributed by atoms with E-state index in [0.29, 0.717) is 11.9 Å². The van der Waals surface area contributed by atoms with E-state index in [0.717, 1.165) is 11.6 Å². The molecule has 1 aliphatic heterocycles. The molecule has 0 bridgehead atoms. The average Bonchev–Trinajstić information content (AvgIpc) is 3.60. The van der Waals surface area contributed by atoms with Crippen molar-refractivity contribution in [1.82, 2.24) is 24.6 Å². The molecule has 0 amide bonds. The molecule has 43 heavy (non-hydrogen) atoms. The summed E-state index contributed by atoms with van der Waals surface area (Å²) in [5.74, 6) is -0.843. The van der Waals surface area contributed by atoms with Gasteiger partial charge in [0.05, 0.1) is 12.4 Å². The number of rotatable bonds is 13. The molecule has 0 radical (unpaired) electrons. The standard InChI is InChI=1S/C29H32FN6O6P/c1-3-19(2)40-29(37)23(14-20-10-6-4-7-11-20)35-43(38,42-21-12-8-5-9-13-21)18-39-24-15-22(30)28(41-24)36-17-34-25-26(31)32-16-33-27(25)36/h4-13,15-17,19,23-24,28H,3,14,18H2,1-2H3,(H,35,38)(H2,31,32,33)/t19-,23?,24+,28-,43?/m1/s1. The summed E-state index contributed by atoms with van der Waals surface area (Å²) in [6.07, 6.45) is 1.05. The number of carbonyl (C=O) groups is 1. The Balaban J connectivity index is 1.35. The normalized spacial score (nSPS) is 19.4. The summed E-state index contributed by atoms with van der Waals surface area (Å²) in [5, 5.41) is 2.88. The number of nitrogens with two attached hydrogens (primary N) is 1. The van der Waals surface area contributed by atoms with Crippen molar-refractivity contribution in [3.05, 3.63) is 90.8 Å². The lowest BCUT2D eigenvalue weighted by Crippen LogP contribution is -2.41. The predicted molar refractivity (Wildman–Crippen MR) is 156 cm³/mol. The lowest BCUT2D eigenvalue weighted by molar-refractivity contribution is -0.150. The van der Waals surface area contributed by atoms with Gasteiger partial charge < -0.3 is 24.5 Å². The molecule has 2 aromatic carbocycles. The number of benzene rings is 2. The van der Waals surface area contributed by atoms with E-state index in [4.69, 9.17) is 24.5 Å². The molecule has 4 aromatic rings. The van der Waals surface area contributed by atoms with Gasteiger partial charge in [-0.2, -0.15) is 0 Å². The largest absolute Gasteiger partial charge is 0.462 e. The van der Waals surface area contributed by atoms with Crippen molar-refractivity contribution in [2.45, 2.75) is 51.4 Å². The topological polar surface area (TPSA) is 153 Å². The Morgan fingerprint density at radius 1 is 1.14 bits per heavy atom. The van der Waals surface area contributed by atoms with Crippen LogP contribution in [-0.2, 0) is 30.0 Å². The van der Waals surface area contributed by atoms with Gasteiger partial charge in [-0.3, -0.25) is 13.9 Å². The van der Waals surface area contributed by atoms with E-state index in [1.807, 2.05) is 37.3 Å². The van der Waals surface area contributed by atoms with Crippen LogP contribution < -0.4 is 15.3 Å². The molecule has 3 N–H and O–H groups in total. The zero-order valence-corrected chi connectivity index (χ0v) is 24.5. The number of hydrogen-bond donors (Lipinski definition) is 2. The number of para-hydroxylation sites is 1. The lowest BCUT2D eigenvalue weighted by atomic mass is 10.1. The van der Waals surface area contributed by atoms with Crippen molar-refractivity contribution < 1.29 is 32.5 Å². The maximum atomic E-state index is 15.1. The number of ether oxygens (including phenoxy) is 3. The fourth-order valence-corrected chi connectivity index (χ4v) is 5.97. The molecule has 5 rings (SSSR count). The second-order valence-electron chi connectivity index (χ2n) is 9.89. The molecule has 3 heterocycles. The number of anilines is 1. The van der Waals surface area contributed by atoms with E-state index in [9.17, 15) is 9.36 Å². The molecule has 14 heteroatoms. The molecule has 0 fully saturated rings. The van der Waals surface area contributed by atoms with Gasteiger partial charge in [0, 0.05) is 6.08 Å². The summed E-state index contributed by atoms with van der Waals surface area (Å²) in [5.41, 5.74) is 7.23. The maximum Gasteiger partial charge on any atom is 0.342 e. The molecule has 0 saturated carbocycles. The van der Waals surface area contributed by atoms with Crippen molar-refractivity contribution in [2.24, 2.45) is 0 Å². The van der Waals surface area contributed by atoms with E-state index in [1.165, 1.54) is 17.2 Å². The minimum Gasteiger partial charge on any atom is -0.462 e. The number of imidazole rings is 1. The van der Waals surface area contributed by atoms with Gasteiger partial charge in [0.15, 0.2) is 36.2 Å². The van der Waals surface area contributed by atoms with Crippen LogP contribution in [0, 0.1) is 0 Å². The minimum absolute atomic E-state index is 0.140. The Hall–Kier alpha value is -4.16. The Morgan fingerprint density at radius 2 is 1.86 bits per heavy atom. The maximum absolute atomic E-state index is 15.1. The van der Waals surface area contributed by atoms with Gasteiger partial charge >= 0.3 is 13.5 Å². The van der Waals surface area contributed by atoms with Crippen LogP contribution in [0.4, 0.5) is 10.2 Å². The van der Waals surface area contributed by atoms with Gasteiger partial charge in [-0.25, -0.2) is 24.4 Å². The zero-order chi connectivity index (χ0) is 30.4. The number of esters is 1. The van der Waals surface area contributed by atoms with Crippen molar-refractivity contribution in [3.63, 3.8) is 0 Å². The molecular formula is C29H32FN6O6P. The third-order valence-corrected chi connectivity index (χ3v) is 8.35. The number of fused-ring (bicyclic) bond motifs is 1. The number of nitrogen functional groups attached to an aromatic ring is 1. The number of aromatic nitrogens is 4. The molecule has 1 aliphatic rings. The summed E-state index contributed by atoms with van der Waals surface area (Å²) in [7, 11) is -4.00. The summed E-state index contributed by atoms with van der Waals surface area (Å²) < 4.78 is 53.8. The fourth-order valence-electron chi connectivity index (χ4n) is 4.32. The van der Waals surface area contributed by atoms with E-state index in [2.05, 4.69) is 20.0 Å². The third-order valence-electron chi connectivity index (χ3n) is 6.65. The van der Waals surface area contributed by atoms with Crippen LogP contribution in [0.1, 0.15) is 32.1 Å². The summed E-state index contributed by atoms with van der Waals surface area (Å²) in [4.78, 5) is 25.4. The molecule has 2 unspecified atom stereocenters. The van der Waals surface area contributed by atoms with Crippen LogP contribution in [0.2, 0.25) is 0 Å². The fraction of sp³-hybridized carbons (Fsp3) is 0.310. The van der Waals surface area contributed by atoms with E-state index in [-0.39, 0.29) is 29.7 Å². The highest BCUT2D eigenvalue weighted by atomic mass is 31.2. The summed E-state index contributed by atoms with van der Waals surface area (Å²) >= 11 is 0. The number of halogens is 1. The highest BCUT2D eigenvalue weighted by Crippen LogP contribution is 2.45. The average molecular weight is 611 g/mol. The van der Waals surface area contributed by atoms with Crippen LogP contribution in [0.3, 0.4) is 0 Å². The molecule has 2 aromatic heterocycles. The van der Waals surface area contributed by atoms with Crippen LogP contribution in [-0.4, -0.2) is 50.3 Å². The van der Waals surface area contributed by atoms with E-state index < -0.39 is 44.2 Å². The Bertz CT molecular complexity index is 1620. The molecule has 0 aliphatic carbocycles. The quantitative estimate of drug-likeness (QED) is 0.157. The zero-order valence-electron chi connectivity index (χ0n) is 23.6. The van der Waals surface area contributed by atoms with Crippen LogP contribution >= 0.6 is 7.52 Å². The van der Waals surface area contributed by atoms with Gasteiger partial charge in [0.1, 0.15) is 23.6 Å². The molecule has 5 atom stereocenters. The van der Waals surface area contributed by atoms with Crippen LogP contribution in [0.15, 0.2) is 85.2 Å². The Kier molecular flexibility index (Phi) is 9.46. The lowest BCUT2D eigenvalue weighted by Gasteiger charge is -2.27. The molecular weight excluding hydrogens is 578 g/mol. The first kappa shape index (κ1) is 30.3. The number of carbonyl (C=O) groups excluding carboxylic acids is 1. The van der Waals surface area contributed by atoms with Gasteiger partial charge in [0.25, 0.3) is 0 Å². The third kappa shape index (κ3) is 7.44. The summed E-state index contributed by atoms with van der Waals surface area (Å²) in [6.45, 7) is 3.67. The molecule has 0 spiro atoms. The molecule has 0 saturated heterocycles. The second kappa shape index (κ2) is 13.4. The van der Waals surface area contributed by atoms with Crippen LogP contribution in [0.5, 0.6) is 5.75 Å². The predicted octanol–water partition coefficient (Wildman–Crippen LogP) is 4.91. The highest BCUT2D eigenvalue weighted by molar-refractivity contribution is 7.57. The minimum atomic E-state index is -4.00. The number of nitrogens with one attached hydrogen (secondary N) is 1. The first-order chi connectivity index (χ1) is 20.7. The van der Waals surface area contributed by atoms with Crippen molar-refractivity contribution in [2.75, 3.05) is 12.1 Å². The van der Waals surface area contributed by atoms with E-state index >= 15 is 4.39 Å². The van der Waals surface area contributed by atoms with Gasteiger partial charge in [-0.1, -0.05) is 55.5 Å². The number of nitrogens with zero attached hydrogens (tertiary/aromatic N) is 4. The Labute approximate surface area is 247 Å². The van der Waals surface area contributed by atoms with E-state index in [1.54, 1.807) is 37.3 Å². The van der Waals surface area contributed by atoms with Gasteiger partial charge in [-0.05, 0) is 37.5 Å². The SMILES string of the molecule is CC[C@@H](C)OC(=O)C(Cc1ccccc1)NP(=O)(CO[C@@H]1C=C(F)[C@H](n2cnc3c(N)ncnc32)O1)Oc1ccccc1. The van der Waals surface area contributed by atoms with Gasteiger partial charge in [0.2, 0.25) is 0 Å². The first-order valence-electron chi connectivity index (χ1n) is 13.7. The van der Waals surface area contributed by atoms with Crippen molar-refractivity contribution >= 4 is 30.5 Å². The Morgan fingerprint density at radius 3 is 2.58 bits per heavy atom. The van der Waals surface area contributed by atoms with Crippen molar-refractivity contribution in [1.29, 1.82) is 0 Å². The van der Waals surface area contributed by atoms with Crippen LogP contribution in [0.25, 0.3) is 11.2 Å². The summed E-state index contributed by atoms with van der Waals surface area (Å²) in [6, 6.07) is 16.7.